The minimum Gasteiger partial charge on any atom is -0.349 e. The molecule has 0 unspecified atom stereocenters. The van der Waals surface area contributed by atoms with Gasteiger partial charge >= 0.3 is 0 Å². The zero-order chi connectivity index (χ0) is 16.4. The molecule has 4 rings (SSSR count). The van der Waals surface area contributed by atoms with Crippen molar-refractivity contribution in [2.45, 2.75) is 51.1 Å². The first-order valence-corrected chi connectivity index (χ1v) is 9.01. The van der Waals surface area contributed by atoms with E-state index in [0.29, 0.717) is 12.6 Å². The van der Waals surface area contributed by atoms with Crippen LogP contribution in [-0.2, 0) is 6.54 Å². The summed E-state index contributed by atoms with van der Waals surface area (Å²) in [5.74, 6) is 1.81. The molecule has 0 bridgehead atoms. The molecule has 0 aliphatic heterocycles. The Bertz CT molecular complexity index is 693. The van der Waals surface area contributed by atoms with Gasteiger partial charge in [-0.2, -0.15) is 5.10 Å². The molecular weight excluding hydrogens is 300 g/mol. The van der Waals surface area contributed by atoms with Crippen molar-refractivity contribution >= 4 is 5.91 Å². The number of rotatable bonds is 5. The largest absolute Gasteiger partial charge is 0.349 e. The molecule has 0 saturated heterocycles. The second kappa shape index (κ2) is 6.75. The van der Waals surface area contributed by atoms with Gasteiger partial charge in [0.15, 0.2) is 0 Å². The Morgan fingerprint density at radius 1 is 1.17 bits per heavy atom. The van der Waals surface area contributed by atoms with Crippen molar-refractivity contribution in [3.05, 3.63) is 48.0 Å². The molecular formula is C19H24N4O. The van der Waals surface area contributed by atoms with E-state index in [1.54, 1.807) is 11.0 Å². The van der Waals surface area contributed by atoms with E-state index in [-0.39, 0.29) is 5.91 Å². The number of carbonyl (C=O) groups excluding carboxylic acids is 1. The van der Waals surface area contributed by atoms with Gasteiger partial charge < -0.3 is 5.32 Å². The van der Waals surface area contributed by atoms with Crippen molar-refractivity contribution in [3.8, 4) is 0 Å². The van der Waals surface area contributed by atoms with E-state index in [4.69, 9.17) is 0 Å². The highest BCUT2D eigenvalue weighted by Crippen LogP contribution is 2.43. The Hall–Kier alpha value is -2.17. The normalized spacial score (nSPS) is 23.8. The van der Waals surface area contributed by atoms with Crippen LogP contribution >= 0.6 is 0 Å². The van der Waals surface area contributed by atoms with Gasteiger partial charge in [-0.25, -0.2) is 9.67 Å². The lowest BCUT2D eigenvalue weighted by Crippen LogP contribution is -2.39. The predicted molar refractivity (Wildman–Crippen MR) is 91.5 cm³/mol. The van der Waals surface area contributed by atoms with Crippen molar-refractivity contribution < 1.29 is 4.79 Å². The van der Waals surface area contributed by atoms with Gasteiger partial charge in [0, 0.05) is 11.6 Å². The van der Waals surface area contributed by atoms with Crippen molar-refractivity contribution in [1.29, 1.82) is 0 Å². The van der Waals surface area contributed by atoms with Gasteiger partial charge in [0.25, 0.3) is 5.91 Å². The van der Waals surface area contributed by atoms with Crippen LogP contribution in [0.4, 0.5) is 0 Å². The zero-order valence-corrected chi connectivity index (χ0v) is 13.9. The van der Waals surface area contributed by atoms with Gasteiger partial charge in [0.1, 0.15) is 12.7 Å². The first kappa shape index (κ1) is 15.4. The summed E-state index contributed by atoms with van der Waals surface area (Å²) in [6.45, 7) is 0.568. The number of aromatic nitrogens is 3. The predicted octanol–water partition coefficient (Wildman–Crippen LogP) is 3.03. The molecule has 1 amide bonds. The number of carbonyl (C=O) groups is 1. The van der Waals surface area contributed by atoms with Crippen molar-refractivity contribution in [2.24, 2.45) is 11.8 Å². The molecule has 126 valence electrons. The van der Waals surface area contributed by atoms with Crippen LogP contribution in [0.15, 0.2) is 36.9 Å². The molecule has 2 aliphatic carbocycles. The standard InChI is InChI=1S/C19H24N4O/c24-19(22-17-6-3-5-15(10-17)14-8-9-14)18-7-2-1-4-16(18)11-23-13-20-12-21-23/h1-2,4,7,12-15,17H,3,5-6,8-11H2,(H,22,24)/t15-,17+/m1/s1. The summed E-state index contributed by atoms with van der Waals surface area (Å²) in [5.41, 5.74) is 1.73. The first-order valence-electron chi connectivity index (χ1n) is 9.01. The van der Waals surface area contributed by atoms with Gasteiger partial charge in [-0.1, -0.05) is 31.0 Å². The minimum atomic E-state index is 0.0483. The van der Waals surface area contributed by atoms with E-state index < -0.39 is 0 Å². The number of hydrogen-bond acceptors (Lipinski definition) is 3. The Kier molecular flexibility index (Phi) is 4.32. The number of nitrogens with one attached hydrogen (secondary N) is 1. The third kappa shape index (κ3) is 3.50. The van der Waals surface area contributed by atoms with E-state index >= 15 is 0 Å². The van der Waals surface area contributed by atoms with E-state index in [2.05, 4.69) is 15.4 Å². The van der Waals surface area contributed by atoms with Gasteiger partial charge in [-0.05, 0) is 49.1 Å². The molecule has 24 heavy (non-hydrogen) atoms. The topological polar surface area (TPSA) is 59.8 Å². The van der Waals surface area contributed by atoms with Crippen LogP contribution in [-0.4, -0.2) is 26.7 Å². The molecule has 1 aromatic carbocycles. The average Bonchev–Trinajstić information content (AvgIpc) is 3.34. The number of hydrogen-bond donors (Lipinski definition) is 1. The van der Waals surface area contributed by atoms with E-state index in [1.165, 1.54) is 32.0 Å². The highest BCUT2D eigenvalue weighted by Gasteiger charge is 2.35. The summed E-state index contributed by atoms with van der Waals surface area (Å²) in [4.78, 5) is 16.8. The van der Waals surface area contributed by atoms with Gasteiger partial charge in [-0.15, -0.1) is 0 Å². The van der Waals surface area contributed by atoms with E-state index in [9.17, 15) is 4.79 Å². The van der Waals surface area contributed by atoms with Crippen LogP contribution < -0.4 is 5.32 Å². The van der Waals surface area contributed by atoms with Crippen LogP contribution in [0.2, 0.25) is 0 Å². The van der Waals surface area contributed by atoms with Crippen molar-refractivity contribution in [2.75, 3.05) is 0 Å². The smallest absolute Gasteiger partial charge is 0.251 e. The fourth-order valence-electron chi connectivity index (χ4n) is 3.99. The highest BCUT2D eigenvalue weighted by molar-refractivity contribution is 5.95. The zero-order valence-electron chi connectivity index (χ0n) is 13.9. The summed E-state index contributed by atoms with van der Waals surface area (Å²) in [6.07, 6.45) is 10.8. The maximum atomic E-state index is 12.8. The summed E-state index contributed by atoms with van der Waals surface area (Å²) in [5, 5.41) is 7.42. The lowest BCUT2D eigenvalue weighted by atomic mass is 9.82. The van der Waals surface area contributed by atoms with Crippen LogP contribution in [0.5, 0.6) is 0 Å². The van der Waals surface area contributed by atoms with E-state index in [1.807, 2.05) is 24.3 Å². The van der Waals surface area contributed by atoms with Crippen molar-refractivity contribution in [1.82, 2.24) is 20.1 Å². The van der Waals surface area contributed by atoms with Crippen molar-refractivity contribution in [3.63, 3.8) is 0 Å². The monoisotopic (exact) mass is 324 g/mol. The van der Waals surface area contributed by atoms with Crippen LogP contribution in [0.3, 0.4) is 0 Å². The minimum absolute atomic E-state index is 0.0483. The molecule has 2 aliphatic rings. The maximum Gasteiger partial charge on any atom is 0.251 e. The Balaban J connectivity index is 1.44. The molecule has 2 atom stereocenters. The Morgan fingerprint density at radius 2 is 2.04 bits per heavy atom. The fraction of sp³-hybridized carbons (Fsp3) is 0.526. The van der Waals surface area contributed by atoms with Gasteiger partial charge in [0.2, 0.25) is 0 Å². The maximum absolute atomic E-state index is 12.8. The molecule has 2 fully saturated rings. The van der Waals surface area contributed by atoms with Crippen LogP contribution in [0, 0.1) is 11.8 Å². The summed E-state index contributed by atoms with van der Waals surface area (Å²) in [7, 11) is 0. The van der Waals surface area contributed by atoms with Crippen LogP contribution in [0.25, 0.3) is 0 Å². The second-order valence-electron chi connectivity index (χ2n) is 7.18. The molecule has 1 N–H and O–H groups in total. The summed E-state index contributed by atoms with van der Waals surface area (Å²) in [6, 6.07) is 8.12. The molecule has 2 saturated carbocycles. The second-order valence-corrected chi connectivity index (χ2v) is 7.18. The average molecular weight is 324 g/mol. The molecule has 0 spiro atoms. The highest BCUT2D eigenvalue weighted by atomic mass is 16.1. The van der Waals surface area contributed by atoms with Gasteiger partial charge in [0.05, 0.1) is 6.54 Å². The SMILES string of the molecule is O=C(N[C@H]1CCC[C@@H](C2CC2)C1)c1ccccc1Cn1cncn1. The first-order chi connectivity index (χ1) is 11.8. The molecule has 5 nitrogen and oxygen atoms in total. The molecule has 0 radical (unpaired) electrons. The molecule has 1 aromatic heterocycles. The number of amides is 1. The summed E-state index contributed by atoms with van der Waals surface area (Å²) < 4.78 is 1.75. The molecule has 5 heteroatoms. The third-order valence-corrected chi connectivity index (χ3v) is 5.40. The van der Waals surface area contributed by atoms with E-state index in [0.717, 1.165) is 35.8 Å². The molecule has 1 heterocycles. The lowest BCUT2D eigenvalue weighted by molar-refractivity contribution is 0.0916. The van der Waals surface area contributed by atoms with Gasteiger partial charge in [-0.3, -0.25) is 4.79 Å². The quantitative estimate of drug-likeness (QED) is 0.919. The molecule has 2 aromatic rings. The Labute approximate surface area is 142 Å². The van der Waals surface area contributed by atoms with Crippen LogP contribution in [0.1, 0.15) is 54.4 Å². The third-order valence-electron chi connectivity index (χ3n) is 5.40. The fourth-order valence-corrected chi connectivity index (χ4v) is 3.99. The lowest BCUT2D eigenvalue weighted by Gasteiger charge is -2.30. The summed E-state index contributed by atoms with van der Waals surface area (Å²) >= 11 is 0. The number of nitrogens with zero attached hydrogens (tertiary/aromatic N) is 3. The Morgan fingerprint density at radius 3 is 2.83 bits per heavy atom. The number of benzene rings is 1.